The minimum Gasteiger partial charge on any atom is -0.391 e. The first-order valence-electron chi connectivity index (χ1n) is 5.09. The van der Waals surface area contributed by atoms with E-state index < -0.39 is 18.0 Å². The number of rotatable bonds is 3. The van der Waals surface area contributed by atoms with Crippen LogP contribution in [0.15, 0.2) is 12.1 Å². The quantitative estimate of drug-likeness (QED) is 0.824. The van der Waals surface area contributed by atoms with Gasteiger partial charge in [0.25, 0.3) is 0 Å². The van der Waals surface area contributed by atoms with E-state index in [4.69, 9.17) is 28.9 Å². The van der Waals surface area contributed by atoms with Crippen molar-refractivity contribution >= 4 is 23.2 Å². The monoisotopic (exact) mass is 263 g/mol. The van der Waals surface area contributed by atoms with E-state index in [1.807, 2.05) is 0 Å². The van der Waals surface area contributed by atoms with Crippen LogP contribution in [0.3, 0.4) is 0 Å². The molecule has 0 bridgehead atoms. The molecule has 88 valence electrons. The van der Waals surface area contributed by atoms with Crippen molar-refractivity contribution in [2.75, 3.05) is 0 Å². The Morgan fingerprint density at radius 2 is 1.88 bits per heavy atom. The molecule has 2 atom stereocenters. The molecule has 2 nitrogen and oxygen atoms in total. The molecule has 0 aliphatic heterocycles. The van der Waals surface area contributed by atoms with Crippen LogP contribution in [0.25, 0.3) is 0 Å². The standard InChI is InChI=1S/C11H12Cl2FNO/c12-6-3-4-7(13)9(14)8(6)10(15)11(16)5-1-2-5/h3-5,10-11,16H,1-2,15H2/t10-,11+/m0/s1. The lowest BCUT2D eigenvalue weighted by molar-refractivity contribution is 0.121. The molecule has 0 amide bonds. The third kappa shape index (κ3) is 2.18. The van der Waals surface area contributed by atoms with Crippen molar-refractivity contribution in [3.8, 4) is 0 Å². The molecule has 1 saturated carbocycles. The predicted molar refractivity (Wildman–Crippen MR) is 62.1 cm³/mol. The average Bonchev–Trinajstić information content (AvgIpc) is 3.06. The maximum atomic E-state index is 13.7. The van der Waals surface area contributed by atoms with Crippen LogP contribution in [0.2, 0.25) is 10.0 Å². The highest BCUT2D eigenvalue weighted by molar-refractivity contribution is 6.33. The highest BCUT2D eigenvalue weighted by Gasteiger charge is 2.36. The van der Waals surface area contributed by atoms with Crippen molar-refractivity contribution in [1.29, 1.82) is 0 Å². The van der Waals surface area contributed by atoms with E-state index in [1.54, 1.807) is 0 Å². The molecule has 0 heterocycles. The minimum absolute atomic E-state index is 0.0298. The number of hydrogen-bond donors (Lipinski definition) is 2. The minimum atomic E-state index is -0.821. The first-order valence-corrected chi connectivity index (χ1v) is 5.85. The van der Waals surface area contributed by atoms with Gasteiger partial charge in [-0.15, -0.1) is 0 Å². The fraction of sp³-hybridized carbons (Fsp3) is 0.455. The van der Waals surface area contributed by atoms with Crippen molar-refractivity contribution < 1.29 is 9.50 Å². The SMILES string of the molecule is N[C@@H](c1c(Cl)ccc(Cl)c1F)[C@H](O)C1CC1. The van der Waals surface area contributed by atoms with Gasteiger partial charge in [-0.1, -0.05) is 23.2 Å². The van der Waals surface area contributed by atoms with Gasteiger partial charge in [0, 0.05) is 10.6 Å². The van der Waals surface area contributed by atoms with Crippen LogP contribution >= 0.6 is 23.2 Å². The summed E-state index contributed by atoms with van der Waals surface area (Å²) in [7, 11) is 0. The van der Waals surface area contributed by atoms with Crippen molar-refractivity contribution in [3.05, 3.63) is 33.6 Å². The van der Waals surface area contributed by atoms with Gasteiger partial charge in [0.05, 0.1) is 17.2 Å². The summed E-state index contributed by atoms with van der Waals surface area (Å²) in [6.45, 7) is 0. The van der Waals surface area contributed by atoms with Gasteiger partial charge in [0.1, 0.15) is 5.82 Å². The molecular formula is C11H12Cl2FNO. The van der Waals surface area contributed by atoms with Crippen LogP contribution in [0.1, 0.15) is 24.4 Å². The smallest absolute Gasteiger partial charge is 0.148 e. The molecule has 16 heavy (non-hydrogen) atoms. The number of aliphatic hydroxyl groups is 1. The molecule has 0 saturated heterocycles. The van der Waals surface area contributed by atoms with Crippen LogP contribution in [0, 0.1) is 11.7 Å². The lowest BCUT2D eigenvalue weighted by atomic mass is 9.98. The summed E-state index contributed by atoms with van der Waals surface area (Å²) in [4.78, 5) is 0. The first-order chi connectivity index (χ1) is 7.52. The summed E-state index contributed by atoms with van der Waals surface area (Å²) >= 11 is 11.5. The highest BCUT2D eigenvalue weighted by Crippen LogP contribution is 2.40. The van der Waals surface area contributed by atoms with Gasteiger partial charge in [-0.25, -0.2) is 4.39 Å². The summed E-state index contributed by atoms with van der Waals surface area (Å²) in [5.41, 5.74) is 5.92. The van der Waals surface area contributed by atoms with Crippen molar-refractivity contribution in [1.82, 2.24) is 0 Å². The maximum Gasteiger partial charge on any atom is 0.148 e. The second-order valence-corrected chi connectivity index (χ2v) is 4.93. The zero-order valence-electron chi connectivity index (χ0n) is 8.46. The van der Waals surface area contributed by atoms with Crippen molar-refractivity contribution in [3.63, 3.8) is 0 Å². The Bertz CT molecular complexity index is 409. The molecule has 0 aromatic heterocycles. The normalized spacial score (nSPS) is 19.6. The molecule has 1 aliphatic rings. The molecular weight excluding hydrogens is 252 g/mol. The van der Waals surface area contributed by atoms with Gasteiger partial charge in [-0.05, 0) is 30.9 Å². The number of hydrogen-bond acceptors (Lipinski definition) is 2. The van der Waals surface area contributed by atoms with Gasteiger partial charge in [0.15, 0.2) is 0 Å². The van der Waals surface area contributed by atoms with Crippen LogP contribution in [0.5, 0.6) is 0 Å². The van der Waals surface area contributed by atoms with Gasteiger partial charge in [-0.3, -0.25) is 0 Å². The van der Waals surface area contributed by atoms with E-state index in [0.29, 0.717) is 0 Å². The summed E-state index contributed by atoms with van der Waals surface area (Å²) in [6, 6.07) is 2.04. The lowest BCUT2D eigenvalue weighted by Gasteiger charge is -2.20. The number of halogens is 3. The Labute approximate surface area is 103 Å². The van der Waals surface area contributed by atoms with E-state index in [1.165, 1.54) is 12.1 Å². The summed E-state index contributed by atoms with van der Waals surface area (Å²) in [6.07, 6.45) is 1.09. The number of nitrogens with two attached hydrogens (primary N) is 1. The molecule has 0 radical (unpaired) electrons. The fourth-order valence-electron chi connectivity index (χ4n) is 1.75. The molecule has 2 rings (SSSR count). The van der Waals surface area contributed by atoms with E-state index in [2.05, 4.69) is 0 Å². The Morgan fingerprint density at radius 3 is 2.44 bits per heavy atom. The van der Waals surface area contributed by atoms with Gasteiger partial charge in [-0.2, -0.15) is 0 Å². The molecule has 5 heteroatoms. The number of aliphatic hydroxyl groups excluding tert-OH is 1. The Balaban J connectivity index is 2.34. The van der Waals surface area contributed by atoms with Gasteiger partial charge >= 0.3 is 0 Å². The second kappa shape index (κ2) is 4.49. The molecule has 1 fully saturated rings. The molecule has 1 aromatic carbocycles. The fourth-order valence-corrected chi connectivity index (χ4v) is 2.19. The lowest BCUT2D eigenvalue weighted by Crippen LogP contribution is -2.29. The summed E-state index contributed by atoms with van der Waals surface area (Å²) in [5, 5.41) is 10.0. The molecule has 0 unspecified atom stereocenters. The van der Waals surface area contributed by atoms with Crippen LogP contribution in [-0.4, -0.2) is 11.2 Å². The molecule has 1 aromatic rings. The van der Waals surface area contributed by atoms with Crippen molar-refractivity contribution in [2.24, 2.45) is 11.7 Å². The maximum absolute atomic E-state index is 13.7. The molecule has 1 aliphatic carbocycles. The topological polar surface area (TPSA) is 46.2 Å². The van der Waals surface area contributed by atoms with Gasteiger partial charge < -0.3 is 10.8 Å². The average molecular weight is 264 g/mol. The van der Waals surface area contributed by atoms with Crippen LogP contribution in [0.4, 0.5) is 4.39 Å². The van der Waals surface area contributed by atoms with E-state index >= 15 is 0 Å². The van der Waals surface area contributed by atoms with Crippen molar-refractivity contribution in [2.45, 2.75) is 25.0 Å². The Kier molecular flexibility index (Phi) is 3.40. The predicted octanol–water partition coefficient (Wildman–Crippen LogP) is 2.90. The van der Waals surface area contributed by atoms with E-state index in [-0.39, 0.29) is 21.5 Å². The molecule has 0 spiro atoms. The Morgan fingerprint density at radius 1 is 1.31 bits per heavy atom. The third-order valence-electron chi connectivity index (χ3n) is 2.89. The van der Waals surface area contributed by atoms with E-state index in [9.17, 15) is 9.50 Å². The summed E-state index contributed by atoms with van der Waals surface area (Å²) in [5.74, 6) is -0.481. The third-order valence-corrected chi connectivity index (χ3v) is 3.51. The Hall–Kier alpha value is -0.350. The van der Waals surface area contributed by atoms with Crippen LogP contribution < -0.4 is 5.73 Å². The number of benzene rings is 1. The first kappa shape index (κ1) is 12.1. The molecule has 3 N–H and O–H groups in total. The zero-order chi connectivity index (χ0) is 11.9. The van der Waals surface area contributed by atoms with E-state index in [0.717, 1.165) is 12.8 Å². The second-order valence-electron chi connectivity index (χ2n) is 4.11. The summed E-state index contributed by atoms with van der Waals surface area (Å²) < 4.78 is 13.7. The largest absolute Gasteiger partial charge is 0.391 e. The highest BCUT2D eigenvalue weighted by atomic mass is 35.5. The zero-order valence-corrected chi connectivity index (χ0v) is 9.97. The van der Waals surface area contributed by atoms with Crippen LogP contribution in [-0.2, 0) is 0 Å². The van der Waals surface area contributed by atoms with Gasteiger partial charge in [0.2, 0.25) is 0 Å².